The van der Waals surface area contributed by atoms with Crippen molar-refractivity contribution >= 4 is 81.0 Å². The van der Waals surface area contributed by atoms with E-state index < -0.39 is 6.04 Å². The fraction of sp³-hybridized carbons (Fsp3) is 0.261. The molecule has 4 heterocycles. The molecule has 34 heavy (non-hydrogen) atoms. The zero-order chi connectivity index (χ0) is 22.1. The van der Waals surface area contributed by atoms with Crippen LogP contribution in [-0.4, -0.2) is 53.0 Å². The van der Waals surface area contributed by atoms with E-state index in [-0.39, 0.29) is 30.7 Å². The van der Waals surface area contributed by atoms with Crippen LogP contribution >= 0.6 is 59.1 Å². The van der Waals surface area contributed by atoms with Gasteiger partial charge in [-0.15, -0.1) is 36.2 Å². The number of thiophene rings is 2. The summed E-state index contributed by atoms with van der Waals surface area (Å²) in [5, 5.41) is 4.91. The molecule has 0 spiro atoms. The minimum atomic E-state index is -0.557. The monoisotopic (exact) mass is 555 g/mol. The standard InChI is InChI=1S/C23H22ClN5OS2.2ClH/c24-17-3-1-15(2-4-17)11-18(25)23(30)29-8-6-28(7-9-29)22-21-19(26-14-27-22)12-20(32-21)16-5-10-31-13-16;;/h1-5,10,12-14,18H,6-9,11,25H2;2*1H/t18-;;/m1../s1. The molecule has 3 aromatic heterocycles. The molecule has 1 aliphatic rings. The number of halogens is 3. The number of benzene rings is 1. The normalized spacial score (nSPS) is 14.4. The van der Waals surface area contributed by atoms with Gasteiger partial charge in [0.15, 0.2) is 0 Å². The summed E-state index contributed by atoms with van der Waals surface area (Å²) in [6, 6.07) is 11.2. The number of hydrogen-bond donors (Lipinski definition) is 1. The van der Waals surface area contributed by atoms with Gasteiger partial charge in [-0.2, -0.15) is 11.3 Å². The lowest BCUT2D eigenvalue weighted by Gasteiger charge is -2.36. The lowest BCUT2D eigenvalue weighted by Crippen LogP contribution is -2.53. The van der Waals surface area contributed by atoms with Crippen LogP contribution in [0.1, 0.15) is 5.56 Å². The van der Waals surface area contributed by atoms with E-state index in [0.29, 0.717) is 24.5 Å². The van der Waals surface area contributed by atoms with Gasteiger partial charge in [-0.1, -0.05) is 23.7 Å². The van der Waals surface area contributed by atoms with Crippen LogP contribution in [-0.2, 0) is 11.2 Å². The summed E-state index contributed by atoms with van der Waals surface area (Å²) >= 11 is 9.35. The molecule has 0 unspecified atom stereocenters. The Labute approximate surface area is 223 Å². The Kier molecular flexibility index (Phi) is 9.14. The van der Waals surface area contributed by atoms with E-state index in [1.165, 1.54) is 10.4 Å². The molecule has 0 aliphatic carbocycles. The Morgan fingerprint density at radius 2 is 1.82 bits per heavy atom. The van der Waals surface area contributed by atoms with Gasteiger partial charge >= 0.3 is 0 Å². The number of hydrogen-bond acceptors (Lipinski definition) is 7. The Morgan fingerprint density at radius 1 is 1.09 bits per heavy atom. The molecule has 180 valence electrons. The van der Waals surface area contributed by atoms with Crippen molar-refractivity contribution in [1.82, 2.24) is 14.9 Å². The van der Waals surface area contributed by atoms with Gasteiger partial charge in [0.2, 0.25) is 5.91 Å². The first-order valence-electron chi connectivity index (χ1n) is 10.4. The summed E-state index contributed by atoms with van der Waals surface area (Å²) in [5.41, 5.74) is 9.42. The van der Waals surface area contributed by atoms with E-state index >= 15 is 0 Å². The van der Waals surface area contributed by atoms with E-state index in [4.69, 9.17) is 17.3 Å². The van der Waals surface area contributed by atoms with Crippen molar-refractivity contribution in [2.45, 2.75) is 12.5 Å². The van der Waals surface area contributed by atoms with E-state index in [2.05, 4.69) is 37.8 Å². The molecule has 4 aromatic rings. The van der Waals surface area contributed by atoms with Crippen molar-refractivity contribution in [3.8, 4) is 10.4 Å². The molecule has 11 heteroatoms. The molecule has 6 nitrogen and oxygen atoms in total. The quantitative estimate of drug-likeness (QED) is 0.369. The molecular weight excluding hydrogens is 533 g/mol. The summed E-state index contributed by atoms with van der Waals surface area (Å²) in [7, 11) is 0. The highest BCUT2D eigenvalue weighted by atomic mass is 35.5. The van der Waals surface area contributed by atoms with Gasteiger partial charge in [0, 0.05) is 41.6 Å². The van der Waals surface area contributed by atoms with Crippen molar-refractivity contribution < 1.29 is 4.79 Å². The number of fused-ring (bicyclic) bond motifs is 1. The van der Waals surface area contributed by atoms with Gasteiger partial charge in [-0.3, -0.25) is 4.79 Å². The number of rotatable bonds is 5. The van der Waals surface area contributed by atoms with Crippen molar-refractivity contribution in [2.24, 2.45) is 5.73 Å². The molecule has 1 fully saturated rings. The third-order valence-corrected chi connectivity index (χ3v) is 7.78. The van der Waals surface area contributed by atoms with Crippen LogP contribution in [0.15, 0.2) is 53.5 Å². The van der Waals surface area contributed by atoms with Gasteiger partial charge in [0.05, 0.1) is 16.3 Å². The number of amides is 1. The molecule has 0 saturated carbocycles. The molecule has 1 amide bonds. The molecule has 1 aromatic carbocycles. The highest BCUT2D eigenvalue weighted by molar-refractivity contribution is 7.23. The van der Waals surface area contributed by atoms with Crippen LogP contribution in [0.2, 0.25) is 5.02 Å². The highest BCUT2D eigenvalue weighted by Gasteiger charge is 2.27. The Hall–Kier alpha value is -1.94. The largest absolute Gasteiger partial charge is 0.352 e. The van der Waals surface area contributed by atoms with Crippen LogP contribution in [0.5, 0.6) is 0 Å². The molecule has 1 saturated heterocycles. The maximum absolute atomic E-state index is 12.9. The summed E-state index contributed by atoms with van der Waals surface area (Å²) in [5.74, 6) is 0.933. The number of nitrogens with two attached hydrogens (primary N) is 1. The number of carbonyl (C=O) groups excluding carboxylic acids is 1. The topological polar surface area (TPSA) is 75.4 Å². The molecule has 5 rings (SSSR count). The number of aromatic nitrogens is 2. The van der Waals surface area contributed by atoms with Gasteiger partial charge in [0.25, 0.3) is 0 Å². The molecule has 0 radical (unpaired) electrons. The first-order valence-corrected chi connectivity index (χ1v) is 12.5. The predicted octanol–water partition coefficient (Wildman–Crippen LogP) is 5.14. The summed E-state index contributed by atoms with van der Waals surface area (Å²) in [6.45, 7) is 2.69. The van der Waals surface area contributed by atoms with Gasteiger partial charge in [-0.25, -0.2) is 9.97 Å². The van der Waals surface area contributed by atoms with E-state index in [1.54, 1.807) is 29.0 Å². The van der Waals surface area contributed by atoms with Crippen molar-refractivity contribution in [3.05, 3.63) is 64.1 Å². The molecule has 1 aliphatic heterocycles. The van der Waals surface area contributed by atoms with Crippen LogP contribution in [0.3, 0.4) is 0 Å². The lowest BCUT2D eigenvalue weighted by molar-refractivity contribution is -0.132. The van der Waals surface area contributed by atoms with Gasteiger partial charge in [-0.05, 0) is 47.0 Å². The summed E-state index contributed by atoms with van der Waals surface area (Å²) in [6.07, 6.45) is 2.13. The number of piperazine rings is 1. The summed E-state index contributed by atoms with van der Waals surface area (Å²) in [4.78, 5) is 27.2. The minimum absolute atomic E-state index is 0. The Morgan fingerprint density at radius 3 is 2.50 bits per heavy atom. The second-order valence-electron chi connectivity index (χ2n) is 7.78. The van der Waals surface area contributed by atoms with Crippen LogP contribution < -0.4 is 10.6 Å². The fourth-order valence-electron chi connectivity index (χ4n) is 3.95. The first kappa shape index (κ1) is 26.7. The summed E-state index contributed by atoms with van der Waals surface area (Å²) < 4.78 is 1.09. The minimum Gasteiger partial charge on any atom is -0.352 e. The molecule has 0 bridgehead atoms. The van der Waals surface area contributed by atoms with Crippen molar-refractivity contribution in [3.63, 3.8) is 0 Å². The molecule has 2 N–H and O–H groups in total. The van der Waals surface area contributed by atoms with Gasteiger partial charge < -0.3 is 15.5 Å². The highest BCUT2D eigenvalue weighted by Crippen LogP contribution is 2.37. The average Bonchev–Trinajstić information content (AvgIpc) is 3.50. The second-order valence-corrected chi connectivity index (χ2v) is 10.1. The zero-order valence-electron chi connectivity index (χ0n) is 18.1. The number of anilines is 1. The third kappa shape index (κ3) is 5.64. The Balaban J connectivity index is 0.00000162. The first-order chi connectivity index (χ1) is 15.6. The lowest BCUT2D eigenvalue weighted by atomic mass is 10.1. The second kappa shape index (κ2) is 11.7. The van der Waals surface area contributed by atoms with Crippen molar-refractivity contribution in [1.29, 1.82) is 0 Å². The van der Waals surface area contributed by atoms with Crippen molar-refractivity contribution in [2.75, 3.05) is 31.1 Å². The van der Waals surface area contributed by atoms with E-state index in [9.17, 15) is 4.79 Å². The number of nitrogens with zero attached hydrogens (tertiary/aromatic N) is 4. The third-order valence-electron chi connectivity index (χ3n) is 5.68. The van der Waals surface area contributed by atoms with E-state index in [1.807, 2.05) is 29.2 Å². The number of carbonyl (C=O) groups is 1. The fourth-order valence-corrected chi connectivity index (χ4v) is 5.93. The van der Waals surface area contributed by atoms with Gasteiger partial charge in [0.1, 0.15) is 12.1 Å². The zero-order valence-corrected chi connectivity index (χ0v) is 22.1. The Bertz CT molecular complexity index is 1230. The SMILES string of the molecule is Cl.Cl.N[C@H](Cc1ccc(Cl)cc1)C(=O)N1CCN(c2ncnc3cc(-c4ccsc4)sc23)CC1. The molecular formula is C23H24Cl3N5OS2. The smallest absolute Gasteiger partial charge is 0.239 e. The van der Waals surface area contributed by atoms with E-state index in [0.717, 1.165) is 34.7 Å². The molecule has 1 atom stereocenters. The maximum atomic E-state index is 12.9. The average molecular weight is 557 g/mol. The van der Waals surface area contributed by atoms with Crippen LogP contribution in [0, 0.1) is 0 Å². The van der Waals surface area contributed by atoms with Crippen LogP contribution in [0.4, 0.5) is 5.82 Å². The predicted molar refractivity (Wildman–Crippen MR) is 147 cm³/mol. The van der Waals surface area contributed by atoms with Crippen LogP contribution in [0.25, 0.3) is 20.7 Å². The maximum Gasteiger partial charge on any atom is 0.239 e.